The molecule has 0 fully saturated rings. The van der Waals surface area contributed by atoms with Crippen LogP contribution in [0.5, 0.6) is 5.75 Å². The van der Waals surface area contributed by atoms with Crippen LogP contribution in [0.15, 0.2) is 51.7 Å². The molecule has 3 aromatic rings. The van der Waals surface area contributed by atoms with Crippen LogP contribution in [0.3, 0.4) is 0 Å². The van der Waals surface area contributed by atoms with Crippen molar-refractivity contribution in [3.05, 3.63) is 53.6 Å². The Morgan fingerprint density at radius 1 is 1.18 bits per heavy atom. The Kier molecular flexibility index (Phi) is 6.63. The van der Waals surface area contributed by atoms with Gasteiger partial charge in [-0.05, 0) is 48.4 Å². The molecule has 34 heavy (non-hydrogen) atoms. The summed E-state index contributed by atoms with van der Waals surface area (Å²) in [6.45, 7) is 7.89. The third-order valence-corrected chi connectivity index (χ3v) is 9.02. The summed E-state index contributed by atoms with van der Waals surface area (Å²) in [6.07, 6.45) is 0.808. The maximum absolute atomic E-state index is 13.7. The van der Waals surface area contributed by atoms with Crippen LogP contribution in [0, 0.1) is 6.92 Å². The lowest BCUT2D eigenvalue weighted by molar-refractivity contribution is -0.122. The summed E-state index contributed by atoms with van der Waals surface area (Å²) in [6, 6.07) is 12.1. The molecule has 0 bridgehead atoms. The molecule has 1 aromatic heterocycles. The van der Waals surface area contributed by atoms with E-state index in [4.69, 9.17) is 4.74 Å². The van der Waals surface area contributed by atoms with Crippen molar-refractivity contribution in [1.29, 1.82) is 0 Å². The Hall–Kier alpha value is -2.63. The van der Waals surface area contributed by atoms with Crippen LogP contribution in [0.4, 0.5) is 10.8 Å². The number of sulfonamides is 1. The molecule has 0 saturated carbocycles. The van der Waals surface area contributed by atoms with E-state index in [0.29, 0.717) is 20.9 Å². The molecule has 0 spiro atoms. The number of amides is 1. The van der Waals surface area contributed by atoms with Gasteiger partial charge < -0.3 is 4.74 Å². The molecule has 1 amide bonds. The van der Waals surface area contributed by atoms with Crippen molar-refractivity contribution in [1.82, 2.24) is 10.2 Å². The number of benzene rings is 2. The molecular formula is C23H26N4O4S3. The molecule has 1 N–H and O–H groups in total. The Labute approximate surface area is 207 Å². The third kappa shape index (κ3) is 4.91. The molecule has 1 aliphatic rings. The first kappa shape index (κ1) is 24.5. The number of carbonyl (C=O) groups excluding carboxylic acids is 1. The highest BCUT2D eigenvalue weighted by Gasteiger charge is 2.38. The highest BCUT2D eigenvalue weighted by atomic mass is 32.2. The number of nitrogens with zero attached hydrogens (tertiary/aromatic N) is 3. The van der Waals surface area contributed by atoms with E-state index in [0.717, 1.165) is 11.1 Å². The van der Waals surface area contributed by atoms with Crippen LogP contribution in [0.2, 0.25) is 0 Å². The molecule has 2 heterocycles. The Bertz CT molecular complexity index is 1310. The van der Waals surface area contributed by atoms with Gasteiger partial charge in [0.25, 0.3) is 15.9 Å². The van der Waals surface area contributed by atoms with Gasteiger partial charge >= 0.3 is 0 Å². The molecule has 1 atom stereocenters. The SMILES string of the molecule is CSc1nnc(NC(=O)C2CN(S(=O)(=O)c3ccc(C)cc3)c3cc(C(C)(C)C)ccc3O2)s1. The van der Waals surface area contributed by atoms with Gasteiger partial charge in [-0.1, -0.05) is 67.6 Å². The van der Waals surface area contributed by atoms with Crippen molar-refractivity contribution in [2.75, 3.05) is 22.4 Å². The first-order chi connectivity index (χ1) is 16.0. The van der Waals surface area contributed by atoms with Gasteiger partial charge in [0.05, 0.1) is 17.1 Å². The van der Waals surface area contributed by atoms with Gasteiger partial charge in [-0.25, -0.2) is 8.42 Å². The fraction of sp³-hybridized carbons (Fsp3) is 0.348. The van der Waals surface area contributed by atoms with Crippen molar-refractivity contribution in [3.8, 4) is 5.75 Å². The quantitative estimate of drug-likeness (QED) is 0.393. The molecular weight excluding hydrogens is 492 g/mol. The second-order valence-corrected chi connectivity index (χ2v) is 12.8. The highest BCUT2D eigenvalue weighted by Crippen LogP contribution is 2.40. The van der Waals surface area contributed by atoms with Gasteiger partial charge in [-0.2, -0.15) is 0 Å². The van der Waals surface area contributed by atoms with Gasteiger partial charge in [0, 0.05) is 0 Å². The summed E-state index contributed by atoms with van der Waals surface area (Å²) < 4.78 is 35.4. The number of fused-ring (bicyclic) bond motifs is 1. The summed E-state index contributed by atoms with van der Waals surface area (Å²) in [5.41, 5.74) is 2.13. The minimum atomic E-state index is -3.95. The smallest absolute Gasteiger partial charge is 0.269 e. The number of anilines is 2. The lowest BCUT2D eigenvalue weighted by Crippen LogP contribution is -2.49. The predicted molar refractivity (Wildman–Crippen MR) is 136 cm³/mol. The van der Waals surface area contributed by atoms with E-state index in [1.54, 1.807) is 30.3 Å². The predicted octanol–water partition coefficient (Wildman–Crippen LogP) is 4.46. The maximum Gasteiger partial charge on any atom is 0.269 e. The van der Waals surface area contributed by atoms with Crippen LogP contribution in [0.1, 0.15) is 31.9 Å². The number of thioether (sulfide) groups is 1. The minimum absolute atomic E-state index is 0.153. The molecule has 180 valence electrons. The van der Waals surface area contributed by atoms with Gasteiger partial charge in [-0.15, -0.1) is 10.2 Å². The second-order valence-electron chi connectivity index (χ2n) is 8.95. The van der Waals surface area contributed by atoms with Crippen LogP contribution in [-0.4, -0.2) is 43.4 Å². The normalized spacial score (nSPS) is 16.0. The average molecular weight is 519 g/mol. The average Bonchev–Trinajstić information content (AvgIpc) is 3.25. The summed E-state index contributed by atoms with van der Waals surface area (Å²) in [5, 5.41) is 11.0. The molecule has 0 aliphatic carbocycles. The van der Waals surface area contributed by atoms with Crippen molar-refractivity contribution in [3.63, 3.8) is 0 Å². The zero-order valence-corrected chi connectivity index (χ0v) is 22.0. The molecule has 4 rings (SSSR count). The Balaban J connectivity index is 1.73. The van der Waals surface area contributed by atoms with Crippen LogP contribution < -0.4 is 14.4 Å². The fourth-order valence-corrected chi connectivity index (χ4v) is 6.09. The van der Waals surface area contributed by atoms with Crippen molar-refractivity contribution in [2.24, 2.45) is 0 Å². The van der Waals surface area contributed by atoms with E-state index in [1.807, 2.05) is 25.3 Å². The number of hydrogen-bond acceptors (Lipinski definition) is 8. The Morgan fingerprint density at radius 3 is 2.50 bits per heavy atom. The van der Waals surface area contributed by atoms with Crippen LogP contribution in [0.25, 0.3) is 0 Å². The summed E-state index contributed by atoms with van der Waals surface area (Å²) in [4.78, 5) is 13.2. The van der Waals surface area contributed by atoms with E-state index >= 15 is 0 Å². The first-order valence-corrected chi connectivity index (χ1v) is 14.1. The first-order valence-electron chi connectivity index (χ1n) is 10.6. The molecule has 0 radical (unpaired) electrons. The lowest BCUT2D eigenvalue weighted by atomic mass is 9.86. The van der Waals surface area contributed by atoms with Gasteiger partial charge in [-0.3, -0.25) is 14.4 Å². The number of rotatable bonds is 5. The molecule has 11 heteroatoms. The maximum atomic E-state index is 13.7. The third-order valence-electron chi connectivity index (χ3n) is 5.41. The van der Waals surface area contributed by atoms with Crippen LogP contribution in [-0.2, 0) is 20.2 Å². The molecule has 1 unspecified atom stereocenters. The monoisotopic (exact) mass is 518 g/mol. The number of ether oxygens (including phenoxy) is 1. The van der Waals surface area contributed by atoms with Crippen molar-refractivity contribution >= 4 is 49.8 Å². The second kappa shape index (κ2) is 9.20. The van der Waals surface area contributed by atoms with E-state index < -0.39 is 22.0 Å². The summed E-state index contributed by atoms with van der Waals surface area (Å²) in [5.74, 6) is -0.157. The van der Waals surface area contributed by atoms with E-state index in [9.17, 15) is 13.2 Å². The van der Waals surface area contributed by atoms with Crippen molar-refractivity contribution in [2.45, 2.75) is 48.4 Å². The van der Waals surface area contributed by atoms with Gasteiger partial charge in [0.1, 0.15) is 5.75 Å². The summed E-state index contributed by atoms with van der Waals surface area (Å²) >= 11 is 2.66. The van der Waals surface area contributed by atoms with E-state index in [1.165, 1.54) is 27.4 Å². The number of hydrogen-bond donors (Lipinski definition) is 1. The Morgan fingerprint density at radius 2 is 1.88 bits per heavy atom. The molecule has 1 aliphatic heterocycles. The number of carbonyl (C=O) groups is 1. The zero-order chi connectivity index (χ0) is 24.7. The molecule has 8 nitrogen and oxygen atoms in total. The number of nitrogens with one attached hydrogen (secondary N) is 1. The highest BCUT2D eigenvalue weighted by molar-refractivity contribution is 8.00. The molecule has 2 aromatic carbocycles. The largest absolute Gasteiger partial charge is 0.476 e. The van der Waals surface area contributed by atoms with Gasteiger partial charge in [0.15, 0.2) is 10.4 Å². The van der Waals surface area contributed by atoms with Gasteiger partial charge in [0.2, 0.25) is 5.13 Å². The number of aryl methyl sites for hydroxylation is 1. The summed E-state index contributed by atoms with van der Waals surface area (Å²) in [7, 11) is -3.95. The van der Waals surface area contributed by atoms with E-state index in [-0.39, 0.29) is 16.9 Å². The standard InChI is InChI=1S/C23H26N4O4S3/c1-14-6-9-16(10-7-14)34(29,30)27-13-19(20(28)24-21-25-26-22(32-5)33-21)31-18-11-8-15(12-17(18)27)23(2,3)4/h6-12,19H,13H2,1-5H3,(H,24,25,28). The van der Waals surface area contributed by atoms with Crippen molar-refractivity contribution < 1.29 is 17.9 Å². The van der Waals surface area contributed by atoms with Crippen LogP contribution >= 0.6 is 23.1 Å². The fourth-order valence-electron chi connectivity index (χ4n) is 3.45. The number of aromatic nitrogens is 2. The molecule has 0 saturated heterocycles. The zero-order valence-electron chi connectivity index (χ0n) is 19.5. The lowest BCUT2D eigenvalue weighted by Gasteiger charge is -2.35. The van der Waals surface area contributed by atoms with E-state index in [2.05, 4.69) is 36.3 Å². The topological polar surface area (TPSA) is 101 Å². The minimum Gasteiger partial charge on any atom is -0.476 e.